The van der Waals surface area contributed by atoms with E-state index in [2.05, 4.69) is 15.3 Å². The maximum atomic E-state index is 12.9. The third-order valence-corrected chi connectivity index (χ3v) is 5.19. The molecule has 27 heavy (non-hydrogen) atoms. The average Bonchev–Trinajstić information content (AvgIpc) is 3.22. The number of hydrogen-bond donors (Lipinski definition) is 3. The highest BCUT2D eigenvalue weighted by Gasteiger charge is 2.34. The number of rotatable bonds is 3. The van der Waals surface area contributed by atoms with Gasteiger partial charge in [0, 0.05) is 36.2 Å². The van der Waals surface area contributed by atoms with Gasteiger partial charge < -0.3 is 24.9 Å². The van der Waals surface area contributed by atoms with E-state index in [0.717, 1.165) is 5.57 Å². The van der Waals surface area contributed by atoms with Gasteiger partial charge in [-0.3, -0.25) is 9.59 Å². The summed E-state index contributed by atoms with van der Waals surface area (Å²) in [4.78, 5) is 43.8. The molecule has 2 amide bonds. The molecule has 3 N–H and O–H groups in total. The quantitative estimate of drug-likeness (QED) is 0.747. The number of aromatic amines is 2. The number of amides is 2. The van der Waals surface area contributed by atoms with Crippen LogP contribution in [-0.4, -0.2) is 58.5 Å². The number of nitrogens with one attached hydrogen (secondary N) is 3. The van der Waals surface area contributed by atoms with E-state index in [-0.39, 0.29) is 29.6 Å². The molecule has 0 radical (unpaired) electrons. The molecule has 0 bridgehead atoms. The molecule has 142 valence electrons. The first-order valence-electron chi connectivity index (χ1n) is 9.12. The Morgan fingerprint density at radius 1 is 1.26 bits per heavy atom. The fourth-order valence-electron chi connectivity index (χ4n) is 3.76. The number of benzene rings is 1. The van der Waals surface area contributed by atoms with Gasteiger partial charge in [-0.1, -0.05) is 6.08 Å². The second kappa shape index (κ2) is 7.03. The number of likely N-dealkylation sites (tertiary alicyclic amines) is 1. The number of hydrogen-bond acceptors (Lipinski definition) is 4. The van der Waals surface area contributed by atoms with Crippen LogP contribution in [0.25, 0.3) is 11.0 Å². The van der Waals surface area contributed by atoms with E-state index in [0.29, 0.717) is 49.2 Å². The number of nitrogens with zero attached hydrogens (tertiary/aromatic N) is 1. The van der Waals surface area contributed by atoms with E-state index in [9.17, 15) is 14.4 Å². The molecule has 2 atom stereocenters. The highest BCUT2D eigenvalue weighted by atomic mass is 16.5. The van der Waals surface area contributed by atoms with Gasteiger partial charge in [0.05, 0.1) is 24.2 Å². The van der Waals surface area contributed by atoms with Crippen molar-refractivity contribution in [1.29, 1.82) is 0 Å². The van der Waals surface area contributed by atoms with Gasteiger partial charge in [0.1, 0.15) is 0 Å². The van der Waals surface area contributed by atoms with Crippen LogP contribution in [0.2, 0.25) is 0 Å². The second-order valence-electron chi connectivity index (χ2n) is 7.11. The van der Waals surface area contributed by atoms with Crippen LogP contribution in [-0.2, 0) is 9.53 Å². The molecule has 1 aromatic heterocycles. The van der Waals surface area contributed by atoms with Gasteiger partial charge >= 0.3 is 5.69 Å². The predicted molar refractivity (Wildman–Crippen MR) is 99.5 cm³/mol. The molecule has 0 spiro atoms. The third-order valence-electron chi connectivity index (χ3n) is 5.19. The van der Waals surface area contributed by atoms with Crippen LogP contribution in [0, 0.1) is 0 Å². The summed E-state index contributed by atoms with van der Waals surface area (Å²) in [7, 11) is 0. The lowest BCUT2D eigenvalue weighted by Gasteiger charge is -2.21. The third kappa shape index (κ3) is 3.52. The molecule has 1 saturated heterocycles. The van der Waals surface area contributed by atoms with E-state index in [4.69, 9.17) is 4.74 Å². The van der Waals surface area contributed by atoms with Gasteiger partial charge in [-0.15, -0.1) is 0 Å². The molecule has 3 heterocycles. The van der Waals surface area contributed by atoms with Crippen LogP contribution < -0.4 is 11.0 Å². The van der Waals surface area contributed by atoms with Crippen molar-refractivity contribution >= 4 is 22.8 Å². The summed E-state index contributed by atoms with van der Waals surface area (Å²) in [5.41, 5.74) is 2.24. The van der Waals surface area contributed by atoms with Crippen molar-refractivity contribution in [2.75, 3.05) is 19.8 Å². The smallest absolute Gasteiger partial charge is 0.323 e. The molecular formula is C19H22N4O4. The van der Waals surface area contributed by atoms with Crippen LogP contribution in [0.5, 0.6) is 0 Å². The molecule has 8 heteroatoms. The van der Waals surface area contributed by atoms with E-state index in [1.54, 1.807) is 23.1 Å². The van der Waals surface area contributed by atoms with E-state index in [1.165, 1.54) is 0 Å². The van der Waals surface area contributed by atoms with Crippen LogP contribution >= 0.6 is 0 Å². The molecule has 4 rings (SSSR count). The van der Waals surface area contributed by atoms with Crippen molar-refractivity contribution in [3.8, 4) is 0 Å². The first kappa shape index (κ1) is 17.5. The minimum absolute atomic E-state index is 0.0208. The van der Waals surface area contributed by atoms with Gasteiger partial charge in [0.2, 0.25) is 5.91 Å². The molecule has 2 aromatic rings. The van der Waals surface area contributed by atoms with Gasteiger partial charge in [-0.2, -0.15) is 0 Å². The number of ether oxygens (including phenoxy) is 1. The number of carbonyl (C=O) groups excluding carboxylic acids is 2. The topological polar surface area (TPSA) is 107 Å². The van der Waals surface area contributed by atoms with Gasteiger partial charge in [0.15, 0.2) is 0 Å². The summed E-state index contributed by atoms with van der Waals surface area (Å²) in [5.74, 6) is -0.176. The molecule has 0 saturated carbocycles. The number of H-pyrrole nitrogens is 2. The maximum absolute atomic E-state index is 12.9. The Morgan fingerprint density at radius 3 is 2.85 bits per heavy atom. The van der Waals surface area contributed by atoms with Crippen molar-refractivity contribution in [3.05, 3.63) is 45.9 Å². The molecule has 2 aliphatic rings. The minimum Gasteiger partial charge on any atom is -0.377 e. The van der Waals surface area contributed by atoms with E-state index in [1.807, 2.05) is 13.0 Å². The molecule has 1 fully saturated rings. The number of imidazole rings is 1. The van der Waals surface area contributed by atoms with Crippen LogP contribution in [0.1, 0.15) is 30.1 Å². The van der Waals surface area contributed by atoms with Crippen molar-refractivity contribution in [2.24, 2.45) is 0 Å². The summed E-state index contributed by atoms with van der Waals surface area (Å²) in [6, 6.07) is 5.06. The maximum Gasteiger partial charge on any atom is 0.323 e. The number of carbonyl (C=O) groups is 2. The summed E-state index contributed by atoms with van der Waals surface area (Å²) in [5, 5.41) is 3.04. The van der Waals surface area contributed by atoms with Crippen molar-refractivity contribution in [2.45, 2.75) is 31.8 Å². The zero-order valence-electron chi connectivity index (χ0n) is 15.1. The Bertz CT molecular complexity index is 973. The largest absolute Gasteiger partial charge is 0.377 e. The lowest BCUT2D eigenvalue weighted by molar-refractivity contribution is -0.118. The van der Waals surface area contributed by atoms with Gasteiger partial charge in [0.25, 0.3) is 5.91 Å². The fraction of sp³-hybridized carbons (Fsp3) is 0.421. The van der Waals surface area contributed by atoms with Crippen LogP contribution in [0.4, 0.5) is 0 Å². The second-order valence-corrected chi connectivity index (χ2v) is 7.11. The summed E-state index contributed by atoms with van der Waals surface area (Å²) in [6.45, 7) is 3.48. The van der Waals surface area contributed by atoms with Crippen molar-refractivity contribution < 1.29 is 14.3 Å². The Labute approximate surface area is 155 Å². The molecule has 2 unspecified atom stereocenters. The van der Waals surface area contributed by atoms with Crippen LogP contribution in [0.3, 0.4) is 0 Å². The molecule has 0 aliphatic carbocycles. The first-order chi connectivity index (χ1) is 13.0. The number of aromatic nitrogens is 2. The highest BCUT2D eigenvalue weighted by Crippen LogP contribution is 2.22. The standard InChI is InChI=1S/C19H22N4O4/c1-11-8-14(20-17(24)12-4-6-27-7-5-12)10-23(11)18(25)13-2-3-15-16(9-13)22-19(26)21-15/h2-4,9,11,14H,5-8,10H2,1H3,(H,20,24)(H2,21,22,26). The van der Waals surface area contributed by atoms with Gasteiger partial charge in [-0.25, -0.2) is 4.79 Å². The number of fused-ring (bicyclic) bond motifs is 1. The average molecular weight is 370 g/mol. The lowest BCUT2D eigenvalue weighted by atomic mass is 10.1. The Hall–Kier alpha value is -2.87. The van der Waals surface area contributed by atoms with E-state index >= 15 is 0 Å². The summed E-state index contributed by atoms with van der Waals surface area (Å²) < 4.78 is 5.23. The molecule has 1 aromatic carbocycles. The monoisotopic (exact) mass is 370 g/mol. The fourth-order valence-corrected chi connectivity index (χ4v) is 3.76. The summed E-state index contributed by atoms with van der Waals surface area (Å²) in [6.07, 6.45) is 3.14. The molecule has 2 aliphatic heterocycles. The SMILES string of the molecule is CC1CC(NC(=O)C2=CCOCC2)CN1C(=O)c1ccc2[nH]c(=O)[nH]c2c1. The highest BCUT2D eigenvalue weighted by molar-refractivity contribution is 5.98. The van der Waals surface area contributed by atoms with E-state index < -0.39 is 0 Å². The normalized spacial score (nSPS) is 22.7. The first-order valence-corrected chi connectivity index (χ1v) is 9.12. The summed E-state index contributed by atoms with van der Waals surface area (Å²) >= 11 is 0. The molecular weight excluding hydrogens is 348 g/mol. The molecule has 8 nitrogen and oxygen atoms in total. The van der Waals surface area contributed by atoms with Crippen molar-refractivity contribution in [1.82, 2.24) is 20.2 Å². The van der Waals surface area contributed by atoms with Crippen molar-refractivity contribution in [3.63, 3.8) is 0 Å². The Morgan fingerprint density at radius 2 is 2.07 bits per heavy atom. The minimum atomic E-state index is -0.297. The van der Waals surface area contributed by atoms with Gasteiger partial charge in [-0.05, 0) is 31.5 Å². The Balaban J connectivity index is 1.45. The predicted octanol–water partition coefficient (Wildman–Crippen LogP) is 0.922. The van der Waals surface area contributed by atoms with Crippen LogP contribution in [0.15, 0.2) is 34.6 Å². The zero-order chi connectivity index (χ0) is 19.0. The Kier molecular flexibility index (Phi) is 4.57. The lowest BCUT2D eigenvalue weighted by Crippen LogP contribution is -2.40. The zero-order valence-corrected chi connectivity index (χ0v) is 15.1.